The van der Waals surface area contributed by atoms with E-state index in [2.05, 4.69) is 55.7 Å². The van der Waals surface area contributed by atoms with Crippen LogP contribution in [-0.4, -0.2) is 29.8 Å². The van der Waals surface area contributed by atoms with Crippen LogP contribution in [0.1, 0.15) is 57.6 Å². The van der Waals surface area contributed by atoms with E-state index in [0.29, 0.717) is 6.54 Å². The summed E-state index contributed by atoms with van der Waals surface area (Å²) < 4.78 is 0. The molecule has 3 N–H and O–H groups in total. The van der Waals surface area contributed by atoms with Gasteiger partial charge in [-0.25, -0.2) is 4.79 Å². The van der Waals surface area contributed by atoms with Crippen molar-refractivity contribution in [1.29, 1.82) is 0 Å². The fraction of sp³-hybridized carbons (Fsp3) is 0.632. The van der Waals surface area contributed by atoms with Gasteiger partial charge in [-0.1, -0.05) is 45.0 Å². The zero-order valence-electron chi connectivity index (χ0n) is 14.6. The van der Waals surface area contributed by atoms with Gasteiger partial charge < -0.3 is 15.7 Å². The molecule has 1 fully saturated rings. The van der Waals surface area contributed by atoms with Gasteiger partial charge in [0.1, 0.15) is 0 Å². The number of rotatable bonds is 4. The van der Waals surface area contributed by atoms with E-state index in [1.54, 1.807) is 0 Å². The number of amides is 2. The molecule has 2 rings (SSSR count). The van der Waals surface area contributed by atoms with Gasteiger partial charge in [0.05, 0.1) is 6.10 Å². The largest absolute Gasteiger partial charge is 0.393 e. The number of hydrogen-bond acceptors (Lipinski definition) is 2. The maximum atomic E-state index is 11.9. The molecule has 0 bridgehead atoms. The molecule has 0 heterocycles. The number of carbonyl (C=O) groups excluding carboxylic acids is 1. The fourth-order valence-corrected chi connectivity index (χ4v) is 2.95. The van der Waals surface area contributed by atoms with Gasteiger partial charge in [0, 0.05) is 12.6 Å². The third kappa shape index (κ3) is 5.87. The molecule has 4 nitrogen and oxygen atoms in total. The minimum Gasteiger partial charge on any atom is -0.393 e. The second-order valence-electron chi connectivity index (χ2n) is 7.60. The number of carbonyl (C=O) groups is 1. The van der Waals surface area contributed by atoms with Crippen LogP contribution in [0.15, 0.2) is 24.3 Å². The Kier molecular flexibility index (Phi) is 6.05. The van der Waals surface area contributed by atoms with Crippen molar-refractivity contribution < 1.29 is 9.90 Å². The summed E-state index contributed by atoms with van der Waals surface area (Å²) in [7, 11) is 0. The van der Waals surface area contributed by atoms with E-state index in [9.17, 15) is 9.90 Å². The second kappa shape index (κ2) is 7.82. The van der Waals surface area contributed by atoms with Crippen molar-refractivity contribution in [2.75, 3.05) is 6.54 Å². The van der Waals surface area contributed by atoms with Crippen LogP contribution in [0.5, 0.6) is 0 Å². The van der Waals surface area contributed by atoms with Crippen LogP contribution in [0.2, 0.25) is 0 Å². The minimum atomic E-state index is -0.188. The van der Waals surface area contributed by atoms with E-state index < -0.39 is 0 Å². The van der Waals surface area contributed by atoms with Crippen LogP contribution >= 0.6 is 0 Å². The summed E-state index contributed by atoms with van der Waals surface area (Å²) in [6, 6.07) is 8.72. The van der Waals surface area contributed by atoms with Crippen molar-refractivity contribution in [3.05, 3.63) is 35.4 Å². The zero-order chi connectivity index (χ0) is 16.9. The molecule has 2 amide bonds. The predicted molar refractivity (Wildman–Crippen MR) is 93.6 cm³/mol. The van der Waals surface area contributed by atoms with Gasteiger partial charge in [-0.3, -0.25) is 0 Å². The summed E-state index contributed by atoms with van der Waals surface area (Å²) in [6.07, 6.45) is 3.94. The Labute approximate surface area is 139 Å². The van der Waals surface area contributed by atoms with Gasteiger partial charge in [-0.15, -0.1) is 0 Å². The molecule has 1 aliphatic rings. The third-order valence-corrected chi connectivity index (χ3v) is 4.55. The predicted octanol–water partition coefficient (Wildman–Crippen LogP) is 3.13. The van der Waals surface area contributed by atoms with E-state index in [-0.39, 0.29) is 23.6 Å². The summed E-state index contributed by atoms with van der Waals surface area (Å²) >= 11 is 0. The fourth-order valence-electron chi connectivity index (χ4n) is 2.95. The molecule has 4 heteroatoms. The van der Waals surface area contributed by atoms with Crippen molar-refractivity contribution in [2.45, 2.75) is 70.4 Å². The van der Waals surface area contributed by atoms with E-state index in [0.717, 1.165) is 32.1 Å². The molecule has 0 radical (unpaired) electrons. The SMILES string of the molecule is CC(C)(C)c1ccc(CCNC(=O)NC2CCC(O)CC2)cc1. The van der Waals surface area contributed by atoms with Gasteiger partial charge in [-0.05, 0) is 48.6 Å². The van der Waals surface area contributed by atoms with Crippen LogP contribution in [0.4, 0.5) is 4.79 Å². The number of nitrogens with one attached hydrogen (secondary N) is 2. The molecule has 1 saturated carbocycles. The molecule has 1 aromatic rings. The molecule has 0 spiro atoms. The number of benzene rings is 1. The molecule has 0 saturated heterocycles. The molecule has 0 aliphatic heterocycles. The Balaban J connectivity index is 1.69. The van der Waals surface area contributed by atoms with Gasteiger partial charge in [-0.2, -0.15) is 0 Å². The van der Waals surface area contributed by atoms with Crippen LogP contribution in [0.3, 0.4) is 0 Å². The Morgan fingerprint density at radius 2 is 1.74 bits per heavy atom. The lowest BCUT2D eigenvalue weighted by atomic mass is 9.86. The van der Waals surface area contributed by atoms with Gasteiger partial charge in [0.25, 0.3) is 0 Å². The molecule has 0 unspecified atom stereocenters. The van der Waals surface area contributed by atoms with Crippen LogP contribution in [0, 0.1) is 0 Å². The number of aliphatic hydroxyl groups is 1. The van der Waals surface area contributed by atoms with Crippen molar-refractivity contribution in [3.63, 3.8) is 0 Å². The first-order chi connectivity index (χ1) is 10.8. The molecule has 23 heavy (non-hydrogen) atoms. The van der Waals surface area contributed by atoms with E-state index in [4.69, 9.17) is 0 Å². The lowest BCUT2D eigenvalue weighted by Crippen LogP contribution is -2.44. The van der Waals surface area contributed by atoms with Crippen LogP contribution in [0.25, 0.3) is 0 Å². The third-order valence-electron chi connectivity index (χ3n) is 4.55. The number of hydrogen-bond donors (Lipinski definition) is 3. The van der Waals surface area contributed by atoms with E-state index >= 15 is 0 Å². The van der Waals surface area contributed by atoms with Crippen LogP contribution in [-0.2, 0) is 11.8 Å². The lowest BCUT2D eigenvalue weighted by Gasteiger charge is -2.26. The van der Waals surface area contributed by atoms with Gasteiger partial charge in [0.15, 0.2) is 0 Å². The highest BCUT2D eigenvalue weighted by Crippen LogP contribution is 2.22. The lowest BCUT2D eigenvalue weighted by molar-refractivity contribution is 0.117. The topological polar surface area (TPSA) is 61.4 Å². The monoisotopic (exact) mass is 318 g/mol. The highest BCUT2D eigenvalue weighted by Gasteiger charge is 2.20. The van der Waals surface area contributed by atoms with Gasteiger partial charge >= 0.3 is 6.03 Å². The summed E-state index contributed by atoms with van der Waals surface area (Å²) in [5, 5.41) is 15.4. The summed E-state index contributed by atoms with van der Waals surface area (Å²) in [5.41, 5.74) is 2.73. The van der Waals surface area contributed by atoms with E-state index in [1.807, 2.05) is 0 Å². The van der Waals surface area contributed by atoms with Crippen molar-refractivity contribution in [3.8, 4) is 0 Å². The maximum Gasteiger partial charge on any atom is 0.315 e. The summed E-state index contributed by atoms with van der Waals surface area (Å²) in [5.74, 6) is 0. The molecule has 128 valence electrons. The summed E-state index contributed by atoms with van der Waals surface area (Å²) in [4.78, 5) is 11.9. The first kappa shape index (κ1) is 17.8. The highest BCUT2D eigenvalue weighted by molar-refractivity contribution is 5.74. The Morgan fingerprint density at radius 3 is 2.30 bits per heavy atom. The Morgan fingerprint density at radius 1 is 1.13 bits per heavy atom. The smallest absolute Gasteiger partial charge is 0.315 e. The molecular weight excluding hydrogens is 288 g/mol. The van der Waals surface area contributed by atoms with Crippen molar-refractivity contribution >= 4 is 6.03 Å². The first-order valence-electron chi connectivity index (χ1n) is 8.66. The Bertz CT molecular complexity index is 497. The average Bonchev–Trinajstić information content (AvgIpc) is 2.49. The normalized spacial score (nSPS) is 21.7. The van der Waals surface area contributed by atoms with Crippen molar-refractivity contribution in [2.24, 2.45) is 0 Å². The number of urea groups is 1. The maximum absolute atomic E-state index is 11.9. The summed E-state index contributed by atoms with van der Waals surface area (Å²) in [6.45, 7) is 7.25. The second-order valence-corrected chi connectivity index (χ2v) is 7.60. The number of aliphatic hydroxyl groups excluding tert-OH is 1. The molecule has 0 atom stereocenters. The van der Waals surface area contributed by atoms with Crippen molar-refractivity contribution in [1.82, 2.24) is 10.6 Å². The zero-order valence-corrected chi connectivity index (χ0v) is 14.6. The average molecular weight is 318 g/mol. The highest BCUT2D eigenvalue weighted by atomic mass is 16.3. The minimum absolute atomic E-state index is 0.0994. The van der Waals surface area contributed by atoms with Crippen LogP contribution < -0.4 is 10.6 Å². The Hall–Kier alpha value is -1.55. The molecule has 0 aromatic heterocycles. The molecule has 1 aliphatic carbocycles. The molecular formula is C19H30N2O2. The first-order valence-corrected chi connectivity index (χ1v) is 8.66. The molecule has 1 aromatic carbocycles. The van der Waals surface area contributed by atoms with E-state index in [1.165, 1.54) is 11.1 Å². The standard InChI is InChI=1S/C19H30N2O2/c1-19(2,3)15-6-4-14(5-7-15)12-13-20-18(23)21-16-8-10-17(22)11-9-16/h4-7,16-17,22H,8-13H2,1-3H3,(H2,20,21,23). The quantitative estimate of drug-likeness (QED) is 0.799. The van der Waals surface area contributed by atoms with Gasteiger partial charge in [0.2, 0.25) is 0 Å².